The molecule has 0 aromatic heterocycles. The Labute approximate surface area is 121 Å². The fourth-order valence-electron chi connectivity index (χ4n) is 2.72. The van der Waals surface area contributed by atoms with Crippen molar-refractivity contribution in [2.75, 3.05) is 6.54 Å². The standard InChI is InChI=1S/C15H13ClN2O2/c16-15-4-2-1-3-13(15)14-8-11(18(19)20)7-10-9-17-6-5-12(10)14/h1-4,7-8,17H,5-6,9H2/p+1. The summed E-state index contributed by atoms with van der Waals surface area (Å²) in [5.74, 6) is 0. The van der Waals surface area contributed by atoms with E-state index in [2.05, 4.69) is 5.32 Å². The first kappa shape index (κ1) is 13.1. The highest BCUT2D eigenvalue weighted by atomic mass is 35.5. The number of benzene rings is 2. The van der Waals surface area contributed by atoms with Crippen molar-refractivity contribution in [2.45, 2.75) is 13.0 Å². The van der Waals surface area contributed by atoms with Crippen LogP contribution in [0.5, 0.6) is 0 Å². The van der Waals surface area contributed by atoms with Crippen LogP contribution in [0.2, 0.25) is 5.02 Å². The zero-order valence-corrected chi connectivity index (χ0v) is 11.6. The third-order valence-electron chi connectivity index (χ3n) is 3.66. The molecule has 0 amide bonds. The second kappa shape index (κ2) is 5.23. The molecule has 0 bridgehead atoms. The van der Waals surface area contributed by atoms with Gasteiger partial charge in [-0.2, -0.15) is 0 Å². The number of quaternary nitrogens is 1. The molecule has 0 saturated heterocycles. The lowest BCUT2D eigenvalue weighted by atomic mass is 9.90. The molecule has 0 aliphatic carbocycles. The topological polar surface area (TPSA) is 59.8 Å². The Hall–Kier alpha value is -1.91. The number of nitro groups is 1. The van der Waals surface area contributed by atoms with Gasteiger partial charge in [-0.1, -0.05) is 29.8 Å². The van der Waals surface area contributed by atoms with E-state index in [0.717, 1.165) is 36.2 Å². The molecular formula is C15H14ClN2O2+. The van der Waals surface area contributed by atoms with Gasteiger partial charge < -0.3 is 5.32 Å². The zero-order chi connectivity index (χ0) is 14.1. The van der Waals surface area contributed by atoms with E-state index in [-0.39, 0.29) is 10.6 Å². The van der Waals surface area contributed by atoms with Crippen molar-refractivity contribution in [3.05, 3.63) is 62.7 Å². The minimum absolute atomic E-state index is 0.133. The molecule has 0 saturated carbocycles. The predicted molar refractivity (Wildman–Crippen MR) is 77.7 cm³/mol. The number of nitrogens with two attached hydrogens (primary N) is 1. The van der Waals surface area contributed by atoms with Gasteiger partial charge in [0.05, 0.1) is 11.5 Å². The van der Waals surface area contributed by atoms with E-state index in [9.17, 15) is 10.1 Å². The average Bonchev–Trinajstić information content (AvgIpc) is 2.46. The third-order valence-corrected chi connectivity index (χ3v) is 3.99. The summed E-state index contributed by atoms with van der Waals surface area (Å²) in [6.07, 6.45) is 0.911. The molecule has 1 aliphatic heterocycles. The van der Waals surface area contributed by atoms with Crippen LogP contribution in [-0.2, 0) is 13.0 Å². The van der Waals surface area contributed by atoms with E-state index >= 15 is 0 Å². The summed E-state index contributed by atoms with van der Waals surface area (Å²) in [6, 6.07) is 10.8. The van der Waals surface area contributed by atoms with Gasteiger partial charge in [0.25, 0.3) is 5.69 Å². The molecule has 0 fully saturated rings. The number of hydrogen-bond donors (Lipinski definition) is 1. The molecule has 102 valence electrons. The van der Waals surface area contributed by atoms with Crippen LogP contribution in [0.4, 0.5) is 5.69 Å². The van der Waals surface area contributed by atoms with E-state index in [1.165, 1.54) is 5.56 Å². The fraction of sp³-hybridized carbons (Fsp3) is 0.200. The van der Waals surface area contributed by atoms with E-state index in [0.29, 0.717) is 5.02 Å². The first-order valence-electron chi connectivity index (χ1n) is 6.53. The highest BCUT2D eigenvalue weighted by molar-refractivity contribution is 6.33. The van der Waals surface area contributed by atoms with Gasteiger partial charge in [-0.05, 0) is 17.2 Å². The summed E-state index contributed by atoms with van der Waals surface area (Å²) in [4.78, 5) is 10.8. The maximum Gasteiger partial charge on any atom is 0.270 e. The van der Waals surface area contributed by atoms with E-state index in [4.69, 9.17) is 11.6 Å². The van der Waals surface area contributed by atoms with Crippen LogP contribution in [0.15, 0.2) is 36.4 Å². The molecule has 0 radical (unpaired) electrons. The minimum Gasteiger partial charge on any atom is -0.342 e. The molecule has 20 heavy (non-hydrogen) atoms. The lowest BCUT2D eigenvalue weighted by molar-refractivity contribution is -0.673. The largest absolute Gasteiger partial charge is 0.342 e. The summed E-state index contributed by atoms with van der Waals surface area (Å²) in [6.45, 7) is 1.79. The number of rotatable bonds is 2. The van der Waals surface area contributed by atoms with Gasteiger partial charge in [-0.25, -0.2) is 0 Å². The summed E-state index contributed by atoms with van der Waals surface area (Å²) in [5, 5.41) is 13.9. The fourth-order valence-corrected chi connectivity index (χ4v) is 2.96. The van der Waals surface area contributed by atoms with Gasteiger partial charge in [-0.3, -0.25) is 10.1 Å². The molecule has 2 aromatic carbocycles. The summed E-state index contributed by atoms with van der Waals surface area (Å²) in [5.41, 5.74) is 4.13. The Bertz CT molecular complexity index is 686. The maximum absolute atomic E-state index is 11.1. The van der Waals surface area contributed by atoms with Crippen LogP contribution in [0.25, 0.3) is 11.1 Å². The van der Waals surface area contributed by atoms with Crippen molar-refractivity contribution in [1.29, 1.82) is 0 Å². The van der Waals surface area contributed by atoms with Crippen molar-refractivity contribution in [3.63, 3.8) is 0 Å². The van der Waals surface area contributed by atoms with Crippen molar-refractivity contribution in [1.82, 2.24) is 0 Å². The normalized spacial score (nSPS) is 13.8. The molecular weight excluding hydrogens is 276 g/mol. The number of nitro benzene ring substituents is 1. The van der Waals surface area contributed by atoms with Gasteiger partial charge in [0.2, 0.25) is 0 Å². The van der Waals surface area contributed by atoms with E-state index in [1.54, 1.807) is 12.1 Å². The summed E-state index contributed by atoms with van der Waals surface area (Å²) < 4.78 is 0. The van der Waals surface area contributed by atoms with E-state index < -0.39 is 0 Å². The second-order valence-corrected chi connectivity index (χ2v) is 5.31. The Balaban J connectivity index is 2.25. The number of hydrogen-bond acceptors (Lipinski definition) is 2. The second-order valence-electron chi connectivity index (χ2n) is 4.90. The van der Waals surface area contributed by atoms with Crippen molar-refractivity contribution >= 4 is 17.3 Å². The van der Waals surface area contributed by atoms with E-state index in [1.807, 2.05) is 24.3 Å². The van der Waals surface area contributed by atoms with Crippen LogP contribution in [0.3, 0.4) is 0 Å². The minimum atomic E-state index is -0.338. The van der Waals surface area contributed by atoms with Crippen LogP contribution in [0, 0.1) is 10.1 Å². The molecule has 3 rings (SSSR count). The molecule has 0 atom stereocenters. The SMILES string of the molecule is O=[N+]([O-])c1cc2c(c(-c3ccccc3Cl)c1)CC[NH2+]C2. The first-order valence-corrected chi connectivity index (χ1v) is 6.91. The predicted octanol–water partition coefficient (Wildman–Crippen LogP) is 2.53. The maximum atomic E-state index is 11.1. The van der Waals surface area contributed by atoms with Gasteiger partial charge in [0.1, 0.15) is 6.54 Å². The van der Waals surface area contributed by atoms with Crippen LogP contribution < -0.4 is 5.32 Å². The summed E-state index contributed by atoms with van der Waals surface area (Å²) >= 11 is 6.26. The van der Waals surface area contributed by atoms with Gasteiger partial charge in [-0.15, -0.1) is 0 Å². The third kappa shape index (κ3) is 2.28. The Morgan fingerprint density at radius 2 is 2.00 bits per heavy atom. The van der Waals surface area contributed by atoms with Crippen LogP contribution in [0.1, 0.15) is 11.1 Å². The molecule has 2 N–H and O–H groups in total. The molecule has 2 aromatic rings. The Morgan fingerprint density at radius 3 is 2.75 bits per heavy atom. The highest BCUT2D eigenvalue weighted by Gasteiger charge is 2.22. The first-order chi connectivity index (χ1) is 9.66. The smallest absolute Gasteiger partial charge is 0.270 e. The molecule has 0 spiro atoms. The molecule has 0 unspecified atom stereocenters. The number of halogens is 1. The van der Waals surface area contributed by atoms with Gasteiger partial charge >= 0.3 is 0 Å². The lowest BCUT2D eigenvalue weighted by Crippen LogP contribution is -2.84. The van der Waals surface area contributed by atoms with Gasteiger partial charge in [0.15, 0.2) is 0 Å². The summed E-state index contributed by atoms with van der Waals surface area (Å²) in [7, 11) is 0. The quantitative estimate of drug-likeness (QED) is 0.682. The molecule has 1 heterocycles. The van der Waals surface area contributed by atoms with Gasteiger partial charge in [0, 0.05) is 34.7 Å². The lowest BCUT2D eigenvalue weighted by Gasteiger charge is -2.19. The Morgan fingerprint density at radius 1 is 1.20 bits per heavy atom. The number of fused-ring (bicyclic) bond motifs is 1. The van der Waals surface area contributed by atoms with Crippen LogP contribution in [-0.4, -0.2) is 11.5 Å². The van der Waals surface area contributed by atoms with Crippen molar-refractivity contribution < 1.29 is 10.2 Å². The number of non-ortho nitro benzene ring substituents is 1. The monoisotopic (exact) mass is 289 g/mol. The number of nitrogens with zero attached hydrogens (tertiary/aromatic N) is 1. The average molecular weight is 290 g/mol. The highest BCUT2D eigenvalue weighted by Crippen LogP contribution is 2.35. The van der Waals surface area contributed by atoms with Crippen LogP contribution >= 0.6 is 11.6 Å². The Kier molecular flexibility index (Phi) is 3.42. The molecule has 1 aliphatic rings. The molecule has 5 heteroatoms. The zero-order valence-electron chi connectivity index (χ0n) is 10.8. The van der Waals surface area contributed by atoms with Crippen molar-refractivity contribution in [3.8, 4) is 11.1 Å². The molecule has 4 nitrogen and oxygen atoms in total. The van der Waals surface area contributed by atoms with Crippen molar-refractivity contribution in [2.24, 2.45) is 0 Å².